The van der Waals surface area contributed by atoms with Crippen LogP contribution in [0.25, 0.3) is 6.08 Å². The van der Waals surface area contributed by atoms with Crippen molar-refractivity contribution in [1.82, 2.24) is 5.32 Å². The quantitative estimate of drug-likeness (QED) is 0.104. The molecule has 0 radical (unpaired) electrons. The number of anilines is 2. The summed E-state index contributed by atoms with van der Waals surface area (Å²) < 4.78 is 39.7. The zero-order chi connectivity index (χ0) is 32.5. The maximum Gasteiger partial charge on any atom is 0.416 e. The number of thiophene rings is 1. The second-order valence-electron chi connectivity index (χ2n) is 9.85. The van der Waals surface area contributed by atoms with E-state index in [1.54, 1.807) is 91.0 Å². The number of halogens is 3. The van der Waals surface area contributed by atoms with E-state index in [1.807, 2.05) is 17.5 Å². The van der Waals surface area contributed by atoms with Crippen molar-refractivity contribution >= 4 is 58.3 Å². The van der Waals surface area contributed by atoms with Crippen molar-refractivity contribution in [3.63, 3.8) is 0 Å². The molecule has 0 fully saturated rings. The average molecular weight is 658 g/mol. The highest BCUT2D eigenvalue weighted by Gasteiger charge is 2.31. The fourth-order valence-corrected chi connectivity index (χ4v) is 5.97. The molecule has 1 atom stereocenters. The van der Waals surface area contributed by atoms with Crippen LogP contribution < -0.4 is 16.0 Å². The lowest BCUT2D eigenvalue weighted by Crippen LogP contribution is -2.30. The number of hydrogen-bond donors (Lipinski definition) is 3. The van der Waals surface area contributed by atoms with Crippen LogP contribution in [0, 0.1) is 0 Å². The zero-order valence-electron chi connectivity index (χ0n) is 24.0. The van der Waals surface area contributed by atoms with Gasteiger partial charge in [0.15, 0.2) is 0 Å². The Morgan fingerprint density at radius 1 is 0.739 bits per heavy atom. The highest BCUT2D eigenvalue weighted by atomic mass is 32.2. The number of thioether (sulfide) groups is 1. The van der Waals surface area contributed by atoms with Gasteiger partial charge in [-0.25, -0.2) is 0 Å². The summed E-state index contributed by atoms with van der Waals surface area (Å²) in [6.45, 7) is 0. The molecule has 0 aliphatic rings. The Kier molecular flexibility index (Phi) is 10.4. The largest absolute Gasteiger partial charge is 0.416 e. The van der Waals surface area contributed by atoms with Crippen LogP contribution in [-0.4, -0.2) is 17.7 Å². The van der Waals surface area contributed by atoms with E-state index >= 15 is 0 Å². The van der Waals surface area contributed by atoms with E-state index in [0.717, 1.165) is 17.0 Å². The SMILES string of the molecule is O=C(Nc1ccc(SC(C(=O)Nc2cccc(C(F)(F)F)c2)c2ccccc2)cc1)/C(=C/c1cccs1)NC(=O)c1ccccc1. The molecule has 0 spiro atoms. The van der Waals surface area contributed by atoms with Crippen molar-refractivity contribution in [2.75, 3.05) is 10.6 Å². The fourth-order valence-electron chi connectivity index (χ4n) is 4.29. The minimum atomic E-state index is -4.54. The summed E-state index contributed by atoms with van der Waals surface area (Å²) in [5.41, 5.74) is 0.742. The second-order valence-corrected chi connectivity index (χ2v) is 12.0. The first-order valence-corrected chi connectivity index (χ1v) is 15.6. The van der Waals surface area contributed by atoms with Crippen LogP contribution >= 0.6 is 23.1 Å². The summed E-state index contributed by atoms with van der Waals surface area (Å²) in [7, 11) is 0. The smallest absolute Gasteiger partial charge is 0.325 e. The molecule has 1 heterocycles. The molecule has 1 aromatic heterocycles. The van der Waals surface area contributed by atoms with Gasteiger partial charge in [-0.3, -0.25) is 14.4 Å². The van der Waals surface area contributed by atoms with E-state index < -0.39 is 34.7 Å². The van der Waals surface area contributed by atoms with Crippen molar-refractivity contribution in [1.29, 1.82) is 0 Å². The highest BCUT2D eigenvalue weighted by molar-refractivity contribution is 8.00. The fraction of sp³-hybridized carbons (Fsp3) is 0.0571. The number of nitrogens with one attached hydrogen (secondary N) is 3. The van der Waals surface area contributed by atoms with Crippen LogP contribution in [0.3, 0.4) is 0 Å². The van der Waals surface area contributed by atoms with Crippen molar-refractivity contribution in [2.45, 2.75) is 16.3 Å². The summed E-state index contributed by atoms with van der Waals surface area (Å²) in [5, 5.41) is 9.18. The lowest BCUT2D eigenvalue weighted by Gasteiger charge is -2.18. The Bertz CT molecular complexity index is 1830. The van der Waals surface area contributed by atoms with Crippen LogP contribution in [0.4, 0.5) is 24.5 Å². The number of alkyl halides is 3. The van der Waals surface area contributed by atoms with E-state index in [2.05, 4.69) is 16.0 Å². The normalized spacial score (nSPS) is 12.2. The number of carbonyl (C=O) groups excluding carboxylic acids is 3. The first-order chi connectivity index (χ1) is 22.2. The molecule has 0 saturated heterocycles. The van der Waals surface area contributed by atoms with Gasteiger partial charge in [0.1, 0.15) is 10.9 Å². The molecule has 46 heavy (non-hydrogen) atoms. The number of rotatable bonds is 10. The Morgan fingerprint density at radius 3 is 2.09 bits per heavy atom. The molecule has 3 amide bonds. The van der Waals surface area contributed by atoms with Crippen LogP contribution in [0.15, 0.2) is 137 Å². The van der Waals surface area contributed by atoms with Gasteiger partial charge in [-0.05, 0) is 77.7 Å². The summed E-state index contributed by atoms with van der Waals surface area (Å²) in [6, 6.07) is 32.3. The van der Waals surface area contributed by atoms with Gasteiger partial charge in [0.05, 0.1) is 5.56 Å². The van der Waals surface area contributed by atoms with Crippen molar-refractivity contribution in [2.24, 2.45) is 0 Å². The Labute approximate surface area is 271 Å². The van der Waals surface area contributed by atoms with Gasteiger partial charge in [-0.2, -0.15) is 13.2 Å². The van der Waals surface area contributed by atoms with Gasteiger partial charge in [0.25, 0.3) is 11.8 Å². The summed E-state index contributed by atoms with van der Waals surface area (Å²) in [6.07, 6.45) is -2.95. The van der Waals surface area contributed by atoms with Gasteiger partial charge < -0.3 is 16.0 Å². The highest BCUT2D eigenvalue weighted by Crippen LogP contribution is 2.37. The molecule has 6 nitrogen and oxygen atoms in total. The molecule has 1 unspecified atom stereocenters. The topological polar surface area (TPSA) is 87.3 Å². The van der Waals surface area contributed by atoms with Gasteiger partial charge in [-0.15, -0.1) is 23.1 Å². The molecular weight excluding hydrogens is 632 g/mol. The molecule has 0 saturated carbocycles. The minimum absolute atomic E-state index is 0.0326. The number of benzene rings is 4. The van der Waals surface area contributed by atoms with Crippen LogP contribution in [0.1, 0.15) is 31.6 Å². The zero-order valence-corrected chi connectivity index (χ0v) is 25.6. The Morgan fingerprint density at radius 2 is 1.43 bits per heavy atom. The number of amides is 3. The molecule has 232 valence electrons. The summed E-state index contributed by atoms with van der Waals surface area (Å²) in [4.78, 5) is 40.9. The Balaban J connectivity index is 1.31. The molecule has 0 bridgehead atoms. The van der Waals surface area contributed by atoms with Gasteiger partial charge in [0, 0.05) is 26.7 Å². The molecule has 11 heteroatoms. The molecule has 5 aromatic rings. The predicted molar refractivity (Wildman–Crippen MR) is 176 cm³/mol. The van der Waals surface area contributed by atoms with Crippen LogP contribution in [0.2, 0.25) is 0 Å². The van der Waals surface area contributed by atoms with Crippen LogP contribution in [0.5, 0.6) is 0 Å². The van der Waals surface area contributed by atoms with E-state index in [4.69, 9.17) is 0 Å². The third-order valence-electron chi connectivity index (χ3n) is 6.52. The number of hydrogen-bond acceptors (Lipinski definition) is 5. The minimum Gasteiger partial charge on any atom is -0.325 e. The molecule has 4 aromatic carbocycles. The first kappa shape index (κ1) is 32.3. The van der Waals surface area contributed by atoms with E-state index in [1.165, 1.54) is 35.2 Å². The van der Waals surface area contributed by atoms with Crippen molar-refractivity contribution in [3.8, 4) is 0 Å². The van der Waals surface area contributed by atoms with Crippen molar-refractivity contribution < 1.29 is 27.6 Å². The first-order valence-electron chi connectivity index (χ1n) is 13.9. The number of carbonyl (C=O) groups is 3. The summed E-state index contributed by atoms with van der Waals surface area (Å²) in [5.74, 6) is -1.45. The maximum atomic E-state index is 13.4. The van der Waals surface area contributed by atoms with Gasteiger partial charge in [0.2, 0.25) is 5.91 Å². The lowest BCUT2D eigenvalue weighted by molar-refractivity contribution is -0.137. The Hall–Kier alpha value is -5.13. The van der Waals surface area contributed by atoms with Gasteiger partial charge >= 0.3 is 6.18 Å². The molecule has 0 aliphatic carbocycles. The molecule has 0 aliphatic heterocycles. The molecule has 5 rings (SSSR count). The van der Waals surface area contributed by atoms with Crippen LogP contribution in [-0.2, 0) is 15.8 Å². The monoisotopic (exact) mass is 657 g/mol. The van der Waals surface area contributed by atoms with E-state index in [9.17, 15) is 27.6 Å². The average Bonchev–Trinajstić information content (AvgIpc) is 3.58. The van der Waals surface area contributed by atoms with E-state index in [0.29, 0.717) is 21.7 Å². The second kappa shape index (κ2) is 14.8. The van der Waals surface area contributed by atoms with Crippen molar-refractivity contribution in [3.05, 3.63) is 154 Å². The predicted octanol–water partition coefficient (Wildman–Crippen LogP) is 8.65. The van der Waals surface area contributed by atoms with Gasteiger partial charge in [-0.1, -0.05) is 60.7 Å². The molecular formula is C35H26F3N3O3S2. The standard InChI is InChI=1S/C35H26F3N3O3S2/c36-35(37,38)25-13-7-14-27(21-25)40-34(44)31(23-9-3-1-4-10-23)46-28-18-16-26(17-19-28)39-33(43)30(22-29-15-8-20-45-29)41-32(42)24-11-5-2-6-12-24/h1-22,31H,(H,39,43)(H,40,44)(H,41,42)/b30-22-. The lowest BCUT2D eigenvalue weighted by atomic mass is 10.1. The maximum absolute atomic E-state index is 13.4. The van der Waals surface area contributed by atoms with E-state index in [-0.39, 0.29) is 11.4 Å². The third-order valence-corrected chi connectivity index (χ3v) is 8.61. The summed E-state index contributed by atoms with van der Waals surface area (Å²) >= 11 is 2.62. The molecule has 3 N–H and O–H groups in total. The third kappa shape index (κ3) is 8.74.